The van der Waals surface area contributed by atoms with Crippen LogP contribution in [0.5, 0.6) is 0 Å². The van der Waals surface area contributed by atoms with Crippen LogP contribution in [-0.2, 0) is 0 Å². The van der Waals surface area contributed by atoms with Crippen molar-refractivity contribution in [2.24, 2.45) is 0 Å². The first kappa shape index (κ1) is 9.27. The zero-order valence-electron chi connectivity index (χ0n) is 7.17. The van der Waals surface area contributed by atoms with Crippen molar-refractivity contribution in [3.05, 3.63) is 34.3 Å². The van der Waals surface area contributed by atoms with Gasteiger partial charge in [-0.05, 0) is 17.5 Å². The minimum Gasteiger partial charge on any atom is -0.298 e. The van der Waals surface area contributed by atoms with Crippen LogP contribution in [0.15, 0.2) is 18.2 Å². The van der Waals surface area contributed by atoms with Crippen LogP contribution in [-0.4, -0.2) is 6.29 Å². The predicted molar refractivity (Wildman–Crippen MR) is 50.9 cm³/mol. The molecule has 0 fully saturated rings. The van der Waals surface area contributed by atoms with E-state index in [1.165, 1.54) is 0 Å². The topological polar surface area (TPSA) is 17.1 Å². The SMILES string of the molecule is CC(C)c1ccc(C=O)cc1Cl. The lowest BCUT2D eigenvalue weighted by molar-refractivity contribution is 0.112. The van der Waals surface area contributed by atoms with Crippen LogP contribution in [0.4, 0.5) is 0 Å². The van der Waals surface area contributed by atoms with E-state index in [-0.39, 0.29) is 0 Å². The van der Waals surface area contributed by atoms with E-state index in [0.29, 0.717) is 16.5 Å². The molecule has 0 aliphatic carbocycles. The molecule has 0 saturated carbocycles. The van der Waals surface area contributed by atoms with Gasteiger partial charge in [-0.15, -0.1) is 0 Å². The molecular weight excluding hydrogens is 172 g/mol. The van der Waals surface area contributed by atoms with Crippen molar-refractivity contribution in [3.8, 4) is 0 Å². The Balaban J connectivity index is 3.11. The van der Waals surface area contributed by atoms with Crippen LogP contribution < -0.4 is 0 Å². The Morgan fingerprint density at radius 1 is 1.42 bits per heavy atom. The van der Waals surface area contributed by atoms with E-state index in [9.17, 15) is 4.79 Å². The van der Waals surface area contributed by atoms with E-state index in [4.69, 9.17) is 11.6 Å². The third-order valence-electron chi connectivity index (χ3n) is 1.78. The van der Waals surface area contributed by atoms with E-state index in [1.807, 2.05) is 6.07 Å². The Labute approximate surface area is 77.4 Å². The normalized spacial score (nSPS) is 10.3. The first-order valence-electron chi connectivity index (χ1n) is 3.89. The molecule has 0 aliphatic heterocycles. The molecule has 1 aromatic rings. The van der Waals surface area contributed by atoms with Crippen LogP contribution in [0.25, 0.3) is 0 Å². The van der Waals surface area contributed by atoms with Gasteiger partial charge in [-0.3, -0.25) is 4.79 Å². The second-order valence-corrected chi connectivity index (χ2v) is 3.46. The van der Waals surface area contributed by atoms with Crippen molar-refractivity contribution >= 4 is 17.9 Å². The Kier molecular flexibility index (Phi) is 2.88. The molecule has 1 nitrogen and oxygen atoms in total. The summed E-state index contributed by atoms with van der Waals surface area (Å²) in [5.74, 6) is 0.401. The summed E-state index contributed by atoms with van der Waals surface area (Å²) in [4.78, 5) is 10.4. The van der Waals surface area contributed by atoms with Gasteiger partial charge in [0.05, 0.1) is 0 Å². The average molecular weight is 183 g/mol. The number of rotatable bonds is 2. The molecule has 64 valence electrons. The number of hydrogen-bond acceptors (Lipinski definition) is 1. The fraction of sp³-hybridized carbons (Fsp3) is 0.300. The van der Waals surface area contributed by atoms with Crippen LogP contribution in [0, 0.1) is 0 Å². The van der Waals surface area contributed by atoms with E-state index < -0.39 is 0 Å². The molecule has 0 aliphatic rings. The van der Waals surface area contributed by atoms with E-state index in [2.05, 4.69) is 13.8 Å². The summed E-state index contributed by atoms with van der Waals surface area (Å²) in [6.45, 7) is 4.14. The van der Waals surface area contributed by atoms with Crippen LogP contribution in [0.3, 0.4) is 0 Å². The number of carbonyl (C=O) groups is 1. The maximum Gasteiger partial charge on any atom is 0.150 e. The molecule has 0 unspecified atom stereocenters. The van der Waals surface area contributed by atoms with Crippen molar-refractivity contribution in [2.45, 2.75) is 19.8 Å². The lowest BCUT2D eigenvalue weighted by atomic mass is 10.0. The maximum absolute atomic E-state index is 10.4. The van der Waals surface area contributed by atoms with Gasteiger partial charge in [0.15, 0.2) is 0 Å². The van der Waals surface area contributed by atoms with Crippen molar-refractivity contribution in [1.82, 2.24) is 0 Å². The molecule has 0 amide bonds. The molecule has 0 aromatic heterocycles. The van der Waals surface area contributed by atoms with Gasteiger partial charge in [0.25, 0.3) is 0 Å². The van der Waals surface area contributed by atoms with Gasteiger partial charge >= 0.3 is 0 Å². The summed E-state index contributed by atoms with van der Waals surface area (Å²) in [6.07, 6.45) is 0.802. The molecule has 0 bridgehead atoms. The standard InChI is InChI=1S/C10H11ClO/c1-7(2)9-4-3-8(6-12)5-10(9)11/h3-7H,1-2H3. The van der Waals surface area contributed by atoms with Gasteiger partial charge in [-0.25, -0.2) is 0 Å². The highest BCUT2D eigenvalue weighted by Crippen LogP contribution is 2.24. The predicted octanol–water partition coefficient (Wildman–Crippen LogP) is 3.28. The van der Waals surface area contributed by atoms with E-state index >= 15 is 0 Å². The number of carbonyl (C=O) groups excluding carboxylic acids is 1. The molecule has 1 aromatic carbocycles. The Hall–Kier alpha value is -0.820. The second kappa shape index (κ2) is 3.72. The van der Waals surface area contributed by atoms with Crippen molar-refractivity contribution in [3.63, 3.8) is 0 Å². The fourth-order valence-electron chi connectivity index (χ4n) is 1.08. The minimum absolute atomic E-state index is 0.401. The molecule has 2 heteroatoms. The van der Waals surface area contributed by atoms with Crippen molar-refractivity contribution in [1.29, 1.82) is 0 Å². The average Bonchev–Trinajstić information content (AvgIpc) is 2.03. The number of hydrogen-bond donors (Lipinski definition) is 0. The largest absolute Gasteiger partial charge is 0.298 e. The van der Waals surface area contributed by atoms with Crippen molar-refractivity contribution < 1.29 is 4.79 Å². The quantitative estimate of drug-likeness (QED) is 0.642. The van der Waals surface area contributed by atoms with Crippen LogP contribution in [0.1, 0.15) is 35.7 Å². The highest BCUT2D eigenvalue weighted by atomic mass is 35.5. The van der Waals surface area contributed by atoms with Gasteiger partial charge in [0.1, 0.15) is 6.29 Å². The molecule has 0 N–H and O–H groups in total. The van der Waals surface area contributed by atoms with Gasteiger partial charge in [0, 0.05) is 10.6 Å². The molecule has 1 rings (SSSR count). The Morgan fingerprint density at radius 2 is 2.08 bits per heavy atom. The number of halogens is 1. The number of aldehydes is 1. The molecule has 0 saturated heterocycles. The summed E-state index contributed by atoms with van der Waals surface area (Å²) in [6, 6.07) is 5.38. The van der Waals surface area contributed by atoms with Crippen LogP contribution >= 0.6 is 11.6 Å². The van der Waals surface area contributed by atoms with Gasteiger partial charge in [0.2, 0.25) is 0 Å². The lowest BCUT2D eigenvalue weighted by Crippen LogP contribution is -1.90. The number of benzene rings is 1. The maximum atomic E-state index is 10.4. The second-order valence-electron chi connectivity index (χ2n) is 3.05. The molecule has 0 spiro atoms. The first-order chi connectivity index (χ1) is 5.65. The molecular formula is C10H11ClO. The Morgan fingerprint density at radius 3 is 2.50 bits per heavy atom. The third kappa shape index (κ3) is 1.86. The molecule has 0 radical (unpaired) electrons. The summed E-state index contributed by atoms with van der Waals surface area (Å²) in [5.41, 5.74) is 1.71. The van der Waals surface area contributed by atoms with Gasteiger partial charge in [-0.2, -0.15) is 0 Å². The zero-order valence-corrected chi connectivity index (χ0v) is 7.93. The smallest absolute Gasteiger partial charge is 0.150 e. The minimum atomic E-state index is 0.401. The first-order valence-corrected chi connectivity index (χ1v) is 4.27. The van der Waals surface area contributed by atoms with Gasteiger partial charge < -0.3 is 0 Å². The highest BCUT2D eigenvalue weighted by molar-refractivity contribution is 6.31. The summed E-state index contributed by atoms with van der Waals surface area (Å²) in [5, 5.41) is 0.676. The summed E-state index contributed by atoms with van der Waals surface area (Å²) < 4.78 is 0. The third-order valence-corrected chi connectivity index (χ3v) is 2.11. The fourth-order valence-corrected chi connectivity index (χ4v) is 1.49. The van der Waals surface area contributed by atoms with Gasteiger partial charge in [-0.1, -0.05) is 37.6 Å². The lowest BCUT2D eigenvalue weighted by Gasteiger charge is -2.07. The molecule has 0 atom stereocenters. The zero-order chi connectivity index (χ0) is 9.14. The monoisotopic (exact) mass is 182 g/mol. The van der Waals surface area contributed by atoms with E-state index in [0.717, 1.165) is 11.8 Å². The summed E-state index contributed by atoms with van der Waals surface area (Å²) in [7, 11) is 0. The Bertz CT molecular complexity index is 292. The van der Waals surface area contributed by atoms with E-state index in [1.54, 1.807) is 12.1 Å². The summed E-state index contributed by atoms with van der Waals surface area (Å²) >= 11 is 5.94. The molecule has 0 heterocycles. The molecule has 12 heavy (non-hydrogen) atoms. The van der Waals surface area contributed by atoms with Crippen LogP contribution in [0.2, 0.25) is 5.02 Å². The highest BCUT2D eigenvalue weighted by Gasteiger charge is 2.04. The van der Waals surface area contributed by atoms with Crippen molar-refractivity contribution in [2.75, 3.05) is 0 Å².